The van der Waals surface area contributed by atoms with Gasteiger partial charge in [-0.1, -0.05) is 22.0 Å². The molecule has 1 aromatic rings. The van der Waals surface area contributed by atoms with Crippen LogP contribution in [0.15, 0.2) is 22.7 Å². The molecule has 0 amide bonds. The summed E-state index contributed by atoms with van der Waals surface area (Å²) in [4.78, 5) is 1.95. The lowest BCUT2D eigenvalue weighted by molar-refractivity contribution is 0.198. The number of benzene rings is 1. The Bertz CT molecular complexity index is 328. The molecule has 4 heteroatoms. The van der Waals surface area contributed by atoms with Gasteiger partial charge in [-0.2, -0.15) is 0 Å². The summed E-state index contributed by atoms with van der Waals surface area (Å²) < 4.78 is 0.889. The molecule has 2 N–H and O–H groups in total. The molecule has 0 unspecified atom stereocenters. The zero-order valence-electron chi connectivity index (χ0n) is 8.94. The molecule has 0 saturated heterocycles. The topological polar surface area (TPSA) is 43.7 Å². The molecule has 1 rings (SSSR count). The first-order valence-electron chi connectivity index (χ1n) is 4.85. The van der Waals surface area contributed by atoms with Crippen LogP contribution in [0.5, 0.6) is 0 Å². The Balaban J connectivity index is 2.91. The summed E-state index contributed by atoms with van der Waals surface area (Å²) >= 11 is 3.42. The molecule has 0 bridgehead atoms. The van der Waals surface area contributed by atoms with Crippen molar-refractivity contribution in [2.45, 2.75) is 13.0 Å². The van der Waals surface area contributed by atoms with E-state index in [0.29, 0.717) is 6.54 Å². The van der Waals surface area contributed by atoms with Crippen molar-refractivity contribution >= 4 is 21.6 Å². The Morgan fingerprint density at radius 1 is 1.47 bits per heavy atom. The Morgan fingerprint density at radius 3 is 2.60 bits per heavy atom. The van der Waals surface area contributed by atoms with Gasteiger partial charge >= 0.3 is 0 Å². The van der Waals surface area contributed by atoms with Gasteiger partial charge in [0.2, 0.25) is 0 Å². The second kappa shape index (κ2) is 5.49. The molecule has 1 aromatic carbocycles. The highest BCUT2D eigenvalue weighted by molar-refractivity contribution is 9.10. The first kappa shape index (κ1) is 12.5. The number of aliphatic hydroxyl groups is 2. The van der Waals surface area contributed by atoms with Crippen molar-refractivity contribution in [2.75, 3.05) is 25.1 Å². The van der Waals surface area contributed by atoms with E-state index in [1.54, 1.807) is 6.92 Å². The van der Waals surface area contributed by atoms with Gasteiger partial charge in [0.25, 0.3) is 0 Å². The van der Waals surface area contributed by atoms with Gasteiger partial charge in [-0.15, -0.1) is 0 Å². The van der Waals surface area contributed by atoms with Crippen molar-refractivity contribution in [1.29, 1.82) is 0 Å². The molecule has 0 aliphatic heterocycles. The SMILES string of the molecule is C[C@@H](O)c1ccc(N(C)CCO)cc1Br. The van der Waals surface area contributed by atoms with Gasteiger partial charge in [0, 0.05) is 23.8 Å². The van der Waals surface area contributed by atoms with Crippen LogP contribution in [0.3, 0.4) is 0 Å². The van der Waals surface area contributed by atoms with E-state index in [1.165, 1.54) is 0 Å². The molecular formula is C11H16BrNO2. The molecule has 84 valence electrons. The summed E-state index contributed by atoms with van der Waals surface area (Å²) in [6, 6.07) is 5.76. The van der Waals surface area contributed by atoms with Gasteiger partial charge in [-0.05, 0) is 24.6 Å². The maximum absolute atomic E-state index is 9.45. The van der Waals surface area contributed by atoms with Crippen molar-refractivity contribution in [3.8, 4) is 0 Å². The van der Waals surface area contributed by atoms with Crippen LogP contribution >= 0.6 is 15.9 Å². The third kappa shape index (κ3) is 3.19. The maximum atomic E-state index is 9.45. The zero-order valence-corrected chi connectivity index (χ0v) is 10.5. The lowest BCUT2D eigenvalue weighted by Gasteiger charge is -2.19. The van der Waals surface area contributed by atoms with Crippen molar-refractivity contribution in [1.82, 2.24) is 0 Å². The summed E-state index contributed by atoms with van der Waals surface area (Å²) in [5.74, 6) is 0. The molecular weight excluding hydrogens is 258 g/mol. The lowest BCUT2D eigenvalue weighted by Crippen LogP contribution is -2.21. The third-order valence-electron chi connectivity index (χ3n) is 2.31. The van der Waals surface area contributed by atoms with Crippen molar-refractivity contribution in [2.24, 2.45) is 0 Å². The highest BCUT2D eigenvalue weighted by Gasteiger charge is 2.08. The van der Waals surface area contributed by atoms with E-state index in [9.17, 15) is 5.11 Å². The van der Waals surface area contributed by atoms with Crippen LogP contribution < -0.4 is 4.90 Å². The first-order valence-corrected chi connectivity index (χ1v) is 5.65. The number of likely N-dealkylation sites (N-methyl/N-ethyl adjacent to an activating group) is 1. The average Bonchev–Trinajstić information content (AvgIpc) is 2.17. The molecule has 0 saturated carbocycles. The fourth-order valence-electron chi connectivity index (χ4n) is 1.37. The van der Waals surface area contributed by atoms with E-state index in [-0.39, 0.29) is 6.61 Å². The Kier molecular flexibility index (Phi) is 4.57. The number of hydrogen-bond acceptors (Lipinski definition) is 3. The fraction of sp³-hybridized carbons (Fsp3) is 0.455. The second-order valence-electron chi connectivity index (χ2n) is 3.53. The Labute approximate surface area is 98.5 Å². The highest BCUT2D eigenvalue weighted by Crippen LogP contribution is 2.27. The summed E-state index contributed by atoms with van der Waals surface area (Å²) in [6.45, 7) is 2.46. The molecule has 0 aliphatic carbocycles. The number of aliphatic hydroxyl groups excluding tert-OH is 2. The normalized spacial score (nSPS) is 12.6. The number of nitrogens with zero attached hydrogens (tertiary/aromatic N) is 1. The second-order valence-corrected chi connectivity index (χ2v) is 4.38. The fourth-order valence-corrected chi connectivity index (χ4v) is 2.07. The van der Waals surface area contributed by atoms with E-state index < -0.39 is 6.10 Å². The average molecular weight is 274 g/mol. The highest BCUT2D eigenvalue weighted by atomic mass is 79.9. The number of rotatable bonds is 4. The van der Waals surface area contributed by atoms with Crippen LogP contribution in [0, 0.1) is 0 Å². The zero-order chi connectivity index (χ0) is 11.4. The molecule has 0 heterocycles. The standard InChI is InChI=1S/C11H16BrNO2/c1-8(15)10-4-3-9(7-11(10)12)13(2)5-6-14/h3-4,7-8,14-15H,5-6H2,1-2H3/t8-/m1/s1. The van der Waals surface area contributed by atoms with E-state index in [2.05, 4.69) is 15.9 Å². The van der Waals surface area contributed by atoms with Gasteiger partial charge in [0.1, 0.15) is 0 Å². The maximum Gasteiger partial charge on any atom is 0.0772 e. The summed E-state index contributed by atoms with van der Waals surface area (Å²) in [5.41, 5.74) is 1.89. The minimum atomic E-state index is -0.475. The molecule has 0 aromatic heterocycles. The van der Waals surface area contributed by atoms with E-state index in [0.717, 1.165) is 15.7 Å². The van der Waals surface area contributed by atoms with Crippen molar-refractivity contribution in [3.63, 3.8) is 0 Å². The molecule has 0 spiro atoms. The molecule has 1 atom stereocenters. The quantitative estimate of drug-likeness (QED) is 0.881. The van der Waals surface area contributed by atoms with Gasteiger partial charge in [0.05, 0.1) is 12.7 Å². The van der Waals surface area contributed by atoms with Crippen LogP contribution in [-0.2, 0) is 0 Å². The first-order chi connectivity index (χ1) is 7.06. The third-order valence-corrected chi connectivity index (χ3v) is 3.00. The van der Waals surface area contributed by atoms with E-state index in [1.807, 2.05) is 30.1 Å². The predicted molar refractivity (Wildman–Crippen MR) is 65.1 cm³/mol. The van der Waals surface area contributed by atoms with Crippen molar-refractivity contribution < 1.29 is 10.2 Å². The lowest BCUT2D eigenvalue weighted by atomic mass is 10.1. The van der Waals surface area contributed by atoms with Crippen LogP contribution in [-0.4, -0.2) is 30.4 Å². The van der Waals surface area contributed by atoms with Crippen molar-refractivity contribution in [3.05, 3.63) is 28.2 Å². The van der Waals surface area contributed by atoms with Gasteiger partial charge in [-0.3, -0.25) is 0 Å². The van der Waals surface area contributed by atoms with Crippen LogP contribution in [0.1, 0.15) is 18.6 Å². The Hall–Kier alpha value is -0.580. The van der Waals surface area contributed by atoms with Gasteiger partial charge in [-0.25, -0.2) is 0 Å². The minimum Gasteiger partial charge on any atom is -0.395 e. The van der Waals surface area contributed by atoms with Gasteiger partial charge in [0.15, 0.2) is 0 Å². The molecule has 0 radical (unpaired) electrons. The van der Waals surface area contributed by atoms with E-state index >= 15 is 0 Å². The van der Waals surface area contributed by atoms with Crippen LogP contribution in [0.2, 0.25) is 0 Å². The van der Waals surface area contributed by atoms with Gasteiger partial charge < -0.3 is 15.1 Å². The molecule has 0 fully saturated rings. The molecule has 15 heavy (non-hydrogen) atoms. The molecule has 3 nitrogen and oxygen atoms in total. The molecule has 0 aliphatic rings. The number of halogens is 1. The number of hydrogen-bond donors (Lipinski definition) is 2. The van der Waals surface area contributed by atoms with Crippen LogP contribution in [0.25, 0.3) is 0 Å². The largest absolute Gasteiger partial charge is 0.395 e. The Morgan fingerprint density at radius 2 is 2.13 bits per heavy atom. The summed E-state index contributed by atoms with van der Waals surface area (Å²) in [6.07, 6.45) is -0.475. The summed E-state index contributed by atoms with van der Waals surface area (Å²) in [5, 5.41) is 18.3. The summed E-state index contributed by atoms with van der Waals surface area (Å²) in [7, 11) is 1.92. The predicted octanol–water partition coefficient (Wildman–Crippen LogP) is 1.93. The number of anilines is 1. The monoisotopic (exact) mass is 273 g/mol. The van der Waals surface area contributed by atoms with E-state index in [4.69, 9.17) is 5.11 Å². The van der Waals surface area contributed by atoms with Crippen LogP contribution in [0.4, 0.5) is 5.69 Å². The smallest absolute Gasteiger partial charge is 0.0772 e. The minimum absolute atomic E-state index is 0.131.